The van der Waals surface area contributed by atoms with Gasteiger partial charge in [-0.2, -0.15) is 0 Å². The molecular weight excluding hydrogens is 244 g/mol. The number of ether oxygens (including phenoxy) is 1. The van der Waals surface area contributed by atoms with Gasteiger partial charge in [0.1, 0.15) is 5.82 Å². The quantitative estimate of drug-likeness (QED) is 0.637. The molecule has 0 aliphatic carbocycles. The fourth-order valence-corrected chi connectivity index (χ4v) is 2.25. The summed E-state index contributed by atoms with van der Waals surface area (Å²) < 4.78 is 7.30. The summed E-state index contributed by atoms with van der Waals surface area (Å²) in [6, 6.07) is 0. The fraction of sp³-hybridized carbons (Fsp3) is 0.769. The van der Waals surface area contributed by atoms with Gasteiger partial charge in [0.25, 0.3) is 0 Å². The molecule has 1 aromatic rings. The second-order valence-electron chi connectivity index (χ2n) is 4.98. The van der Waals surface area contributed by atoms with Crippen LogP contribution in [0.25, 0.3) is 0 Å². The van der Waals surface area contributed by atoms with Gasteiger partial charge < -0.3 is 19.7 Å². The summed E-state index contributed by atoms with van der Waals surface area (Å²) in [7, 11) is 2.00. The van der Waals surface area contributed by atoms with Gasteiger partial charge in [-0.3, -0.25) is 4.90 Å². The van der Waals surface area contributed by atoms with Crippen LogP contribution in [0.2, 0.25) is 0 Å². The van der Waals surface area contributed by atoms with Crippen molar-refractivity contribution in [1.82, 2.24) is 19.8 Å². The zero-order valence-electron chi connectivity index (χ0n) is 11.6. The van der Waals surface area contributed by atoms with E-state index < -0.39 is 0 Å². The maximum atomic E-state index is 9.95. The van der Waals surface area contributed by atoms with Crippen LogP contribution in [0.15, 0.2) is 12.4 Å². The summed E-state index contributed by atoms with van der Waals surface area (Å²) in [4.78, 5) is 6.51. The van der Waals surface area contributed by atoms with Crippen molar-refractivity contribution in [2.75, 3.05) is 45.9 Å². The number of nitrogens with zero attached hydrogens (tertiary/aromatic N) is 3. The lowest BCUT2D eigenvalue weighted by Crippen LogP contribution is -2.44. The van der Waals surface area contributed by atoms with Crippen LogP contribution in [0.1, 0.15) is 5.82 Å². The van der Waals surface area contributed by atoms with Crippen molar-refractivity contribution in [3.8, 4) is 0 Å². The Balaban J connectivity index is 1.56. The Bertz CT molecular complexity index is 363. The molecule has 0 saturated carbocycles. The predicted molar refractivity (Wildman–Crippen MR) is 73.0 cm³/mol. The van der Waals surface area contributed by atoms with Crippen molar-refractivity contribution < 1.29 is 9.84 Å². The number of aryl methyl sites for hydroxylation is 1. The molecule has 0 bridgehead atoms. The van der Waals surface area contributed by atoms with E-state index in [4.69, 9.17) is 4.74 Å². The van der Waals surface area contributed by atoms with Crippen molar-refractivity contribution in [2.45, 2.75) is 12.5 Å². The molecule has 0 radical (unpaired) electrons. The number of aromatic nitrogens is 2. The fourth-order valence-electron chi connectivity index (χ4n) is 2.25. The van der Waals surface area contributed by atoms with Crippen molar-refractivity contribution >= 4 is 0 Å². The average Bonchev–Trinajstić information content (AvgIpc) is 2.81. The topological polar surface area (TPSA) is 62.5 Å². The minimum atomic E-state index is -0.320. The Labute approximate surface area is 114 Å². The zero-order chi connectivity index (χ0) is 13.5. The molecule has 19 heavy (non-hydrogen) atoms. The second-order valence-corrected chi connectivity index (χ2v) is 4.98. The largest absolute Gasteiger partial charge is 0.390 e. The van der Waals surface area contributed by atoms with Gasteiger partial charge in [0, 0.05) is 58.6 Å². The maximum Gasteiger partial charge on any atom is 0.109 e. The molecule has 2 rings (SSSR count). The lowest BCUT2D eigenvalue weighted by atomic mass is 10.3. The van der Waals surface area contributed by atoms with Gasteiger partial charge in [0.2, 0.25) is 0 Å². The molecule has 1 aromatic heterocycles. The molecular formula is C13H24N4O2. The molecule has 6 nitrogen and oxygen atoms in total. The molecule has 1 atom stereocenters. The minimum Gasteiger partial charge on any atom is -0.390 e. The number of morpholine rings is 1. The number of imidazole rings is 1. The van der Waals surface area contributed by atoms with E-state index in [1.807, 2.05) is 24.0 Å². The highest BCUT2D eigenvalue weighted by Crippen LogP contribution is 1.98. The first-order valence-corrected chi connectivity index (χ1v) is 6.91. The predicted octanol–water partition coefficient (Wildman–Crippen LogP) is -0.755. The second kappa shape index (κ2) is 7.59. The van der Waals surface area contributed by atoms with Gasteiger partial charge in [-0.25, -0.2) is 4.98 Å². The third kappa shape index (κ3) is 4.91. The van der Waals surface area contributed by atoms with Crippen LogP contribution in [0.3, 0.4) is 0 Å². The first kappa shape index (κ1) is 14.5. The van der Waals surface area contributed by atoms with Crippen LogP contribution in [-0.2, 0) is 18.2 Å². The molecule has 0 amide bonds. The molecule has 2 heterocycles. The molecule has 0 aromatic carbocycles. The number of rotatable bonds is 7. The number of hydrogen-bond donors (Lipinski definition) is 2. The van der Waals surface area contributed by atoms with Crippen LogP contribution in [0, 0.1) is 0 Å². The van der Waals surface area contributed by atoms with E-state index in [9.17, 15) is 5.11 Å². The summed E-state index contributed by atoms with van der Waals surface area (Å²) in [6.07, 6.45) is 4.32. The lowest BCUT2D eigenvalue weighted by molar-refractivity contribution is 0.0150. The standard InChI is InChI=1S/C13H24N4O2/c1-16-5-4-15-13(16)2-3-14-10-12(18)11-17-6-8-19-9-7-17/h4-5,12,14,18H,2-3,6-11H2,1H3. The molecule has 108 valence electrons. The molecule has 1 saturated heterocycles. The lowest BCUT2D eigenvalue weighted by Gasteiger charge is -2.28. The summed E-state index contributed by atoms with van der Waals surface area (Å²) in [5, 5.41) is 13.2. The van der Waals surface area contributed by atoms with Gasteiger partial charge in [-0.1, -0.05) is 0 Å². The molecule has 1 unspecified atom stereocenters. The van der Waals surface area contributed by atoms with Crippen LogP contribution in [0.4, 0.5) is 0 Å². The molecule has 2 N–H and O–H groups in total. The van der Waals surface area contributed by atoms with E-state index in [2.05, 4.69) is 15.2 Å². The Hall–Kier alpha value is -0.950. The number of hydrogen-bond acceptors (Lipinski definition) is 5. The molecule has 1 aliphatic heterocycles. The smallest absolute Gasteiger partial charge is 0.109 e. The van der Waals surface area contributed by atoms with Crippen LogP contribution < -0.4 is 5.32 Å². The third-order valence-electron chi connectivity index (χ3n) is 3.40. The zero-order valence-corrected chi connectivity index (χ0v) is 11.6. The molecule has 1 aliphatic rings. The Morgan fingerprint density at radius 1 is 1.47 bits per heavy atom. The van der Waals surface area contributed by atoms with Gasteiger partial charge in [-0.05, 0) is 0 Å². The van der Waals surface area contributed by atoms with Gasteiger partial charge in [-0.15, -0.1) is 0 Å². The van der Waals surface area contributed by atoms with E-state index >= 15 is 0 Å². The first-order chi connectivity index (χ1) is 9.25. The van der Waals surface area contributed by atoms with Crippen molar-refractivity contribution in [3.05, 3.63) is 18.2 Å². The Kier molecular flexibility index (Phi) is 5.78. The minimum absolute atomic E-state index is 0.320. The molecule has 1 fully saturated rings. The normalized spacial score (nSPS) is 18.6. The number of β-amino-alcohol motifs (C(OH)–C–C–N with tert-alkyl or cyclic N) is 1. The summed E-state index contributed by atoms with van der Waals surface area (Å²) >= 11 is 0. The van der Waals surface area contributed by atoms with Crippen molar-refractivity contribution in [1.29, 1.82) is 0 Å². The SMILES string of the molecule is Cn1ccnc1CCNCC(O)CN1CCOCC1. The number of nitrogens with one attached hydrogen (secondary N) is 1. The summed E-state index contributed by atoms with van der Waals surface area (Å²) in [5.41, 5.74) is 0. The van der Waals surface area contributed by atoms with Crippen LogP contribution in [-0.4, -0.2) is 71.6 Å². The highest BCUT2D eigenvalue weighted by molar-refractivity contribution is 4.91. The van der Waals surface area contributed by atoms with E-state index in [1.54, 1.807) is 0 Å². The molecule has 6 heteroatoms. The highest BCUT2D eigenvalue weighted by atomic mass is 16.5. The monoisotopic (exact) mass is 268 g/mol. The van der Waals surface area contributed by atoms with Crippen molar-refractivity contribution in [3.63, 3.8) is 0 Å². The van der Waals surface area contributed by atoms with Gasteiger partial charge in [0.05, 0.1) is 19.3 Å². The van der Waals surface area contributed by atoms with E-state index in [0.29, 0.717) is 6.54 Å². The van der Waals surface area contributed by atoms with E-state index in [1.165, 1.54) is 0 Å². The number of aliphatic hydroxyl groups excluding tert-OH is 1. The molecule has 0 spiro atoms. The average molecular weight is 268 g/mol. The van der Waals surface area contributed by atoms with Gasteiger partial charge >= 0.3 is 0 Å². The summed E-state index contributed by atoms with van der Waals surface area (Å²) in [6.45, 7) is 5.58. The van der Waals surface area contributed by atoms with Gasteiger partial charge in [0.15, 0.2) is 0 Å². The van der Waals surface area contributed by atoms with Crippen LogP contribution in [0.5, 0.6) is 0 Å². The van der Waals surface area contributed by atoms with E-state index in [0.717, 1.165) is 51.6 Å². The number of aliphatic hydroxyl groups is 1. The van der Waals surface area contributed by atoms with Crippen molar-refractivity contribution in [2.24, 2.45) is 7.05 Å². The van der Waals surface area contributed by atoms with Crippen LogP contribution >= 0.6 is 0 Å². The summed E-state index contributed by atoms with van der Waals surface area (Å²) in [5.74, 6) is 1.06. The maximum absolute atomic E-state index is 9.95. The Morgan fingerprint density at radius 3 is 2.95 bits per heavy atom. The first-order valence-electron chi connectivity index (χ1n) is 6.91. The third-order valence-corrected chi connectivity index (χ3v) is 3.40. The Morgan fingerprint density at radius 2 is 2.26 bits per heavy atom. The highest BCUT2D eigenvalue weighted by Gasteiger charge is 2.14. The van der Waals surface area contributed by atoms with E-state index in [-0.39, 0.29) is 6.10 Å².